The Morgan fingerprint density at radius 3 is 2.42 bits per heavy atom. The Balaban J connectivity index is 2.55. The smallest absolute Gasteiger partial charge is 0.418 e. The normalized spacial score (nSPS) is 13.2. The second kappa shape index (κ2) is 12.3. The quantitative estimate of drug-likeness (QED) is 0.0913. The lowest BCUT2D eigenvalue weighted by atomic mass is 10.1. The van der Waals surface area contributed by atoms with E-state index in [1.165, 1.54) is 24.5 Å². The summed E-state index contributed by atoms with van der Waals surface area (Å²) in [7, 11) is -0.901. The van der Waals surface area contributed by atoms with Crippen molar-refractivity contribution in [3.8, 4) is 0 Å². The Hall–Kier alpha value is -2.93. The number of nitrogens with one attached hydrogen (secondary N) is 1. The van der Waals surface area contributed by atoms with Gasteiger partial charge in [-0.15, -0.1) is 0 Å². The van der Waals surface area contributed by atoms with Gasteiger partial charge in [-0.05, 0) is 27.7 Å². The number of carbonyl (C=O) groups is 3. The fraction of sp³-hybridized carbons (Fsp3) is 0.650. The highest BCUT2D eigenvalue weighted by Crippen LogP contribution is 2.23. The maximum absolute atomic E-state index is 12.6. The lowest BCUT2D eigenvalue weighted by Gasteiger charge is -2.33. The number of nitrogens with two attached hydrogens (primary N) is 1. The van der Waals surface area contributed by atoms with E-state index in [9.17, 15) is 14.4 Å². The van der Waals surface area contributed by atoms with Crippen molar-refractivity contribution in [2.24, 2.45) is 10.9 Å². The van der Waals surface area contributed by atoms with Gasteiger partial charge in [0.05, 0.1) is 40.5 Å². The van der Waals surface area contributed by atoms with Gasteiger partial charge in [0.25, 0.3) is 0 Å². The van der Waals surface area contributed by atoms with Crippen molar-refractivity contribution in [2.45, 2.75) is 70.9 Å². The Morgan fingerprint density at radius 2 is 1.88 bits per heavy atom. The first kappa shape index (κ1) is 28.1. The average Bonchev–Trinajstić information content (AvgIpc) is 3.22. The first-order valence-corrected chi connectivity index (χ1v) is 13.7. The van der Waals surface area contributed by atoms with Crippen LogP contribution in [0.3, 0.4) is 0 Å². The van der Waals surface area contributed by atoms with Crippen LogP contribution in [0.4, 0.5) is 10.6 Å². The number of methoxy groups -OCH3 is 1. The van der Waals surface area contributed by atoms with Crippen molar-refractivity contribution < 1.29 is 33.4 Å². The maximum atomic E-state index is 12.6. The summed E-state index contributed by atoms with van der Waals surface area (Å²) in [6, 6.07) is 0.384. The molecule has 0 aliphatic heterocycles. The summed E-state index contributed by atoms with van der Waals surface area (Å²) in [5.41, 5.74) is 5.12. The van der Waals surface area contributed by atoms with E-state index >= 15 is 0 Å². The number of imidazole rings is 1. The molecule has 0 fully saturated rings. The molecular formula is C20H35N5O7Si. The van der Waals surface area contributed by atoms with Gasteiger partial charge in [0.1, 0.15) is 11.7 Å². The summed E-state index contributed by atoms with van der Waals surface area (Å²) in [6.07, 6.45) is 2.20. The van der Waals surface area contributed by atoms with Crippen molar-refractivity contribution >= 4 is 37.8 Å². The molecule has 0 bridgehead atoms. The van der Waals surface area contributed by atoms with Crippen LogP contribution in [0.25, 0.3) is 0 Å². The van der Waals surface area contributed by atoms with Gasteiger partial charge in [-0.3, -0.25) is 9.69 Å². The number of amidine groups is 1. The van der Waals surface area contributed by atoms with Crippen LogP contribution in [0.1, 0.15) is 40.5 Å². The number of rotatable bonds is 11. The van der Waals surface area contributed by atoms with E-state index in [1.54, 1.807) is 0 Å². The number of aromatic amines is 1. The van der Waals surface area contributed by atoms with Crippen LogP contribution in [0.2, 0.25) is 19.1 Å². The van der Waals surface area contributed by atoms with Crippen molar-refractivity contribution in [2.75, 3.05) is 18.8 Å². The highest BCUT2D eigenvalue weighted by atomic mass is 28.3. The summed E-state index contributed by atoms with van der Waals surface area (Å²) in [5.74, 6) is -0.539. The SMILES string of the molecule is COC(=O)CCC(=O)O/N=C(\N)C[Si](C)(C)C(C)OCOC(=O)N(c1cnc[nH]1)C(C)(C)C. The summed E-state index contributed by atoms with van der Waals surface area (Å²) in [4.78, 5) is 48.4. The van der Waals surface area contributed by atoms with Crippen LogP contribution in [0.5, 0.6) is 0 Å². The second-order valence-electron chi connectivity index (χ2n) is 9.07. The van der Waals surface area contributed by atoms with Gasteiger partial charge in [-0.25, -0.2) is 14.6 Å². The molecule has 1 heterocycles. The molecule has 1 unspecified atom stereocenters. The van der Waals surface area contributed by atoms with Gasteiger partial charge in [-0.1, -0.05) is 18.2 Å². The van der Waals surface area contributed by atoms with E-state index in [0.717, 1.165) is 0 Å². The minimum Gasteiger partial charge on any atom is -0.469 e. The molecule has 1 amide bonds. The minimum atomic E-state index is -2.14. The number of aromatic nitrogens is 2. The largest absolute Gasteiger partial charge is 0.469 e. The number of H-pyrrole nitrogens is 1. The van der Waals surface area contributed by atoms with Crippen molar-refractivity contribution in [3.05, 3.63) is 12.5 Å². The number of amides is 1. The summed E-state index contributed by atoms with van der Waals surface area (Å²) < 4.78 is 15.5. The molecule has 0 radical (unpaired) electrons. The number of ether oxygens (including phenoxy) is 3. The van der Waals surface area contributed by atoms with E-state index in [0.29, 0.717) is 11.9 Å². The van der Waals surface area contributed by atoms with Gasteiger partial charge in [0, 0.05) is 17.3 Å². The summed E-state index contributed by atoms with van der Waals surface area (Å²) in [6.45, 7) is 11.3. The van der Waals surface area contributed by atoms with Crippen molar-refractivity contribution in [1.82, 2.24) is 9.97 Å². The molecule has 0 spiro atoms. The van der Waals surface area contributed by atoms with Gasteiger partial charge < -0.3 is 29.8 Å². The van der Waals surface area contributed by atoms with Gasteiger partial charge in [0.2, 0.25) is 0 Å². The number of anilines is 1. The van der Waals surface area contributed by atoms with Crippen LogP contribution < -0.4 is 10.6 Å². The lowest BCUT2D eigenvalue weighted by molar-refractivity contribution is -0.148. The Labute approximate surface area is 194 Å². The molecule has 0 saturated carbocycles. The zero-order chi connectivity index (χ0) is 25.2. The number of carbonyl (C=O) groups excluding carboxylic acids is 3. The predicted molar refractivity (Wildman–Crippen MR) is 124 cm³/mol. The molecule has 0 saturated heterocycles. The zero-order valence-electron chi connectivity index (χ0n) is 20.3. The molecular weight excluding hydrogens is 450 g/mol. The molecule has 33 heavy (non-hydrogen) atoms. The fourth-order valence-corrected chi connectivity index (χ4v) is 4.49. The summed E-state index contributed by atoms with van der Waals surface area (Å²) in [5, 5.41) is 3.65. The minimum absolute atomic E-state index is 0.0956. The van der Waals surface area contributed by atoms with E-state index in [4.69, 9.17) is 20.0 Å². The highest BCUT2D eigenvalue weighted by Gasteiger charge is 2.33. The molecule has 0 aliphatic rings. The van der Waals surface area contributed by atoms with Crippen molar-refractivity contribution in [1.29, 1.82) is 0 Å². The van der Waals surface area contributed by atoms with Gasteiger partial charge in [-0.2, -0.15) is 0 Å². The Kier molecular flexibility index (Phi) is 10.5. The fourth-order valence-electron chi connectivity index (χ4n) is 2.69. The molecule has 186 valence electrons. The van der Waals surface area contributed by atoms with Crippen LogP contribution in [0.15, 0.2) is 17.7 Å². The topological polar surface area (TPSA) is 158 Å². The average molecular weight is 486 g/mol. The first-order valence-electron chi connectivity index (χ1n) is 10.4. The van der Waals surface area contributed by atoms with Crippen LogP contribution >= 0.6 is 0 Å². The molecule has 1 rings (SSSR count). The number of hydrogen-bond donors (Lipinski definition) is 2. The van der Waals surface area contributed by atoms with E-state index in [1.807, 2.05) is 40.8 Å². The summed E-state index contributed by atoms with van der Waals surface area (Å²) >= 11 is 0. The molecule has 3 N–H and O–H groups in total. The Morgan fingerprint density at radius 1 is 1.24 bits per heavy atom. The lowest BCUT2D eigenvalue weighted by Crippen LogP contribution is -2.48. The molecule has 0 aliphatic carbocycles. The first-order chi connectivity index (χ1) is 15.3. The zero-order valence-corrected chi connectivity index (χ0v) is 21.3. The molecule has 1 aromatic rings. The third-order valence-corrected chi connectivity index (χ3v) is 8.48. The van der Waals surface area contributed by atoms with E-state index < -0.39 is 31.6 Å². The third kappa shape index (κ3) is 9.61. The molecule has 13 heteroatoms. The predicted octanol–water partition coefficient (Wildman–Crippen LogP) is 2.53. The number of esters is 1. The third-order valence-electron chi connectivity index (χ3n) is 4.84. The van der Waals surface area contributed by atoms with Crippen LogP contribution in [-0.2, 0) is 28.6 Å². The maximum Gasteiger partial charge on any atom is 0.418 e. The second-order valence-corrected chi connectivity index (χ2v) is 14.2. The van der Waals surface area contributed by atoms with Gasteiger partial charge in [0.15, 0.2) is 6.79 Å². The Bertz CT molecular complexity index is 821. The van der Waals surface area contributed by atoms with Crippen LogP contribution in [-0.4, -0.2) is 67.1 Å². The van der Waals surface area contributed by atoms with E-state index in [-0.39, 0.29) is 31.2 Å². The van der Waals surface area contributed by atoms with Gasteiger partial charge >= 0.3 is 18.0 Å². The molecule has 12 nitrogen and oxygen atoms in total. The number of nitrogens with zero attached hydrogens (tertiary/aromatic N) is 3. The van der Waals surface area contributed by atoms with E-state index in [2.05, 4.69) is 19.9 Å². The monoisotopic (exact) mass is 485 g/mol. The highest BCUT2D eigenvalue weighted by molar-refractivity contribution is 6.81. The molecule has 0 aromatic carbocycles. The standard InChI is InChI=1S/C20H35N5O7Si/c1-14(30-13-31-19(28)25(20(2,3)4)16-10-22-12-23-16)33(6,7)11-15(21)24-32-18(27)9-8-17(26)29-5/h10,12,14H,8-9,11,13H2,1-7H3,(H2,21,24)(H,22,23). The number of oxime groups is 1. The van der Waals surface area contributed by atoms with Crippen LogP contribution in [0, 0.1) is 0 Å². The number of hydrogen-bond acceptors (Lipinski definition) is 9. The molecule has 1 aromatic heterocycles. The molecule has 1 atom stereocenters. The van der Waals surface area contributed by atoms with Crippen molar-refractivity contribution in [3.63, 3.8) is 0 Å².